The molecule has 1 rings (SSSR count). The van der Waals surface area contributed by atoms with E-state index in [9.17, 15) is 0 Å². The average Bonchev–Trinajstić information content (AvgIpc) is 2.07. The number of hydrogen-bond donors (Lipinski definition) is 2. The zero-order valence-electron chi connectivity index (χ0n) is 7.52. The van der Waals surface area contributed by atoms with Gasteiger partial charge in [0, 0.05) is 6.07 Å². The monoisotopic (exact) mass is 182 g/mol. The van der Waals surface area contributed by atoms with Crippen LogP contribution in [0.1, 0.15) is 5.56 Å². The van der Waals surface area contributed by atoms with E-state index in [1.165, 1.54) is 0 Å². The fourth-order valence-electron chi connectivity index (χ4n) is 0.995. The standard InChI is InChI=1S/C8H11BO4/c1-6-3-4-7(13-9(10)11)5-8(6)12-2/h3-5,10-11H,1-2H3. The van der Waals surface area contributed by atoms with Gasteiger partial charge in [0.05, 0.1) is 7.11 Å². The van der Waals surface area contributed by atoms with Crippen molar-refractivity contribution in [3.63, 3.8) is 0 Å². The minimum Gasteiger partial charge on any atom is -0.512 e. The predicted octanol–water partition coefficient (Wildman–Crippen LogP) is 0.352. The second kappa shape index (κ2) is 4.16. The van der Waals surface area contributed by atoms with Gasteiger partial charge < -0.3 is 19.4 Å². The zero-order valence-corrected chi connectivity index (χ0v) is 7.52. The van der Waals surface area contributed by atoms with E-state index >= 15 is 0 Å². The lowest BCUT2D eigenvalue weighted by atomic mass is 10.2. The first-order chi connectivity index (χ1) is 6.13. The molecule has 0 fully saturated rings. The van der Waals surface area contributed by atoms with Crippen LogP contribution in [-0.4, -0.2) is 24.5 Å². The summed E-state index contributed by atoms with van der Waals surface area (Å²) in [4.78, 5) is 0. The quantitative estimate of drug-likeness (QED) is 0.662. The molecule has 13 heavy (non-hydrogen) atoms. The maximum absolute atomic E-state index is 8.53. The van der Waals surface area contributed by atoms with Crippen LogP contribution in [0.25, 0.3) is 0 Å². The average molecular weight is 182 g/mol. The second-order valence-electron chi connectivity index (χ2n) is 2.58. The molecule has 0 amide bonds. The van der Waals surface area contributed by atoms with Crippen LogP contribution in [0.2, 0.25) is 0 Å². The summed E-state index contributed by atoms with van der Waals surface area (Å²) in [6, 6.07) is 5.00. The summed E-state index contributed by atoms with van der Waals surface area (Å²) in [5, 5.41) is 17.1. The van der Waals surface area contributed by atoms with E-state index in [4.69, 9.17) is 14.8 Å². The van der Waals surface area contributed by atoms with Crippen molar-refractivity contribution in [2.75, 3.05) is 7.11 Å². The summed E-state index contributed by atoms with van der Waals surface area (Å²) in [7, 11) is -0.256. The van der Waals surface area contributed by atoms with Crippen molar-refractivity contribution in [2.24, 2.45) is 0 Å². The van der Waals surface area contributed by atoms with Crippen LogP contribution in [0.4, 0.5) is 0 Å². The third kappa shape index (κ3) is 2.64. The Morgan fingerprint density at radius 2 is 2.00 bits per heavy atom. The molecule has 0 aliphatic rings. The molecule has 1 aromatic carbocycles. The maximum Gasteiger partial charge on any atom is 0.707 e. The highest BCUT2D eigenvalue weighted by Gasteiger charge is 2.11. The summed E-state index contributed by atoms with van der Waals surface area (Å²) in [5.74, 6) is 1.01. The molecular formula is C8H11BO4. The molecule has 0 spiro atoms. The number of ether oxygens (including phenoxy) is 1. The van der Waals surface area contributed by atoms with Gasteiger partial charge in [0.2, 0.25) is 0 Å². The molecule has 4 nitrogen and oxygen atoms in total. The van der Waals surface area contributed by atoms with Gasteiger partial charge in [-0.15, -0.1) is 0 Å². The van der Waals surface area contributed by atoms with Gasteiger partial charge in [-0.1, -0.05) is 6.07 Å². The second-order valence-corrected chi connectivity index (χ2v) is 2.58. The predicted molar refractivity (Wildman–Crippen MR) is 48.6 cm³/mol. The Kier molecular flexibility index (Phi) is 3.16. The minimum absolute atomic E-state index is 0.359. The Hall–Kier alpha value is -1.20. The van der Waals surface area contributed by atoms with Crippen LogP contribution >= 0.6 is 0 Å². The van der Waals surface area contributed by atoms with Gasteiger partial charge in [0.1, 0.15) is 11.5 Å². The van der Waals surface area contributed by atoms with Crippen LogP contribution in [0.15, 0.2) is 18.2 Å². The van der Waals surface area contributed by atoms with Crippen LogP contribution in [0, 0.1) is 6.92 Å². The molecule has 5 heteroatoms. The summed E-state index contributed by atoms with van der Waals surface area (Å²) in [5.41, 5.74) is 0.960. The first-order valence-corrected chi connectivity index (χ1v) is 3.81. The topological polar surface area (TPSA) is 58.9 Å². The highest BCUT2D eigenvalue weighted by atomic mass is 16.6. The van der Waals surface area contributed by atoms with Crippen LogP contribution < -0.4 is 9.39 Å². The summed E-state index contributed by atoms with van der Waals surface area (Å²) in [6.45, 7) is 1.89. The molecule has 0 unspecified atom stereocenters. The normalized spacial score (nSPS) is 9.54. The van der Waals surface area contributed by atoms with Gasteiger partial charge in [-0.05, 0) is 18.6 Å². The van der Waals surface area contributed by atoms with Crippen molar-refractivity contribution in [3.05, 3.63) is 23.8 Å². The van der Waals surface area contributed by atoms with Crippen molar-refractivity contribution in [3.8, 4) is 11.5 Å². The lowest BCUT2D eigenvalue weighted by Crippen LogP contribution is -2.20. The summed E-state index contributed by atoms with van der Waals surface area (Å²) >= 11 is 0. The molecule has 0 saturated carbocycles. The van der Waals surface area contributed by atoms with E-state index in [2.05, 4.69) is 4.65 Å². The highest BCUT2D eigenvalue weighted by Crippen LogP contribution is 2.23. The van der Waals surface area contributed by atoms with E-state index in [1.54, 1.807) is 25.3 Å². The first kappa shape index (κ1) is 9.89. The molecule has 1 aromatic rings. The smallest absolute Gasteiger partial charge is 0.512 e. The Morgan fingerprint density at radius 1 is 1.31 bits per heavy atom. The minimum atomic E-state index is -1.80. The third-order valence-electron chi connectivity index (χ3n) is 1.62. The molecule has 0 radical (unpaired) electrons. The molecule has 70 valence electrons. The molecule has 0 saturated heterocycles. The van der Waals surface area contributed by atoms with E-state index in [-0.39, 0.29) is 0 Å². The molecule has 0 heterocycles. The molecule has 0 aliphatic carbocycles. The van der Waals surface area contributed by atoms with Gasteiger partial charge in [0.15, 0.2) is 0 Å². The molecule has 0 atom stereocenters. The van der Waals surface area contributed by atoms with Crippen molar-refractivity contribution >= 4 is 7.32 Å². The third-order valence-corrected chi connectivity index (χ3v) is 1.62. The number of methoxy groups -OCH3 is 1. The highest BCUT2D eigenvalue weighted by molar-refractivity contribution is 6.33. The van der Waals surface area contributed by atoms with Crippen LogP contribution in [-0.2, 0) is 0 Å². The largest absolute Gasteiger partial charge is 0.707 e. The van der Waals surface area contributed by atoms with Gasteiger partial charge in [-0.3, -0.25) is 0 Å². The Bertz CT molecular complexity index is 287. The van der Waals surface area contributed by atoms with Crippen LogP contribution in [0.5, 0.6) is 11.5 Å². The Morgan fingerprint density at radius 3 is 2.54 bits per heavy atom. The van der Waals surface area contributed by atoms with Crippen molar-refractivity contribution < 1.29 is 19.4 Å². The molecule has 0 aromatic heterocycles. The summed E-state index contributed by atoms with van der Waals surface area (Å²) < 4.78 is 9.67. The maximum atomic E-state index is 8.53. The van der Waals surface area contributed by atoms with Crippen molar-refractivity contribution in [2.45, 2.75) is 6.92 Å². The number of hydrogen-bond acceptors (Lipinski definition) is 4. The molecular weight excluding hydrogens is 171 g/mol. The number of aryl methyl sites for hydroxylation is 1. The van der Waals surface area contributed by atoms with Gasteiger partial charge in [-0.25, -0.2) is 0 Å². The molecule has 0 aliphatic heterocycles. The van der Waals surface area contributed by atoms with Crippen LogP contribution in [0.3, 0.4) is 0 Å². The van der Waals surface area contributed by atoms with E-state index in [1.807, 2.05) is 6.92 Å². The number of benzene rings is 1. The van der Waals surface area contributed by atoms with Gasteiger partial charge >= 0.3 is 7.32 Å². The molecule has 2 N–H and O–H groups in total. The lowest BCUT2D eigenvalue weighted by molar-refractivity contribution is 0.287. The van der Waals surface area contributed by atoms with Gasteiger partial charge in [0.25, 0.3) is 0 Å². The van der Waals surface area contributed by atoms with E-state index in [0.29, 0.717) is 11.5 Å². The zero-order chi connectivity index (χ0) is 9.84. The lowest BCUT2D eigenvalue weighted by Gasteiger charge is -2.08. The summed E-state index contributed by atoms with van der Waals surface area (Å²) in [6.07, 6.45) is 0. The Labute approximate surface area is 76.9 Å². The van der Waals surface area contributed by atoms with E-state index in [0.717, 1.165) is 5.56 Å². The fraction of sp³-hybridized carbons (Fsp3) is 0.250. The van der Waals surface area contributed by atoms with Crippen molar-refractivity contribution in [1.82, 2.24) is 0 Å². The SMILES string of the molecule is COc1cc(OB(O)O)ccc1C. The molecule has 0 bridgehead atoms. The van der Waals surface area contributed by atoms with Crippen molar-refractivity contribution in [1.29, 1.82) is 0 Å². The first-order valence-electron chi connectivity index (χ1n) is 3.81. The number of rotatable bonds is 3. The van der Waals surface area contributed by atoms with Gasteiger partial charge in [-0.2, -0.15) is 0 Å². The fourth-order valence-corrected chi connectivity index (χ4v) is 0.995. The van der Waals surface area contributed by atoms with E-state index < -0.39 is 7.32 Å². The Balaban J connectivity index is 2.86.